The van der Waals surface area contributed by atoms with Crippen molar-refractivity contribution in [2.45, 2.75) is 12.5 Å². The second-order valence-corrected chi connectivity index (χ2v) is 5.12. The van der Waals surface area contributed by atoms with Crippen LogP contribution in [0.25, 0.3) is 0 Å². The molecule has 0 aliphatic rings. The first-order valence-corrected chi connectivity index (χ1v) is 6.36. The second kappa shape index (κ2) is 5.12. The van der Waals surface area contributed by atoms with Gasteiger partial charge in [-0.1, -0.05) is 37.9 Å². The minimum atomic E-state index is -0.596. The van der Waals surface area contributed by atoms with E-state index in [0.717, 1.165) is 14.5 Å². The highest BCUT2D eigenvalue weighted by molar-refractivity contribution is 9.11. The van der Waals surface area contributed by atoms with Crippen molar-refractivity contribution < 1.29 is 5.11 Å². The van der Waals surface area contributed by atoms with E-state index in [2.05, 4.69) is 41.8 Å². The molecule has 1 unspecified atom stereocenters. The Morgan fingerprint density at radius 3 is 2.56 bits per heavy atom. The molecular formula is C11H10Br2N2O. The fourth-order valence-corrected chi connectivity index (χ4v) is 2.80. The number of rotatable bonds is 3. The first-order chi connectivity index (χ1) is 7.68. The van der Waals surface area contributed by atoms with E-state index in [1.165, 1.54) is 0 Å². The summed E-state index contributed by atoms with van der Waals surface area (Å²) in [6.45, 7) is 0. The largest absolute Gasteiger partial charge is 0.386 e. The summed E-state index contributed by atoms with van der Waals surface area (Å²) in [5, 5.41) is 9.99. The van der Waals surface area contributed by atoms with Gasteiger partial charge in [-0.3, -0.25) is 0 Å². The number of halogens is 2. The Balaban J connectivity index is 2.21. The molecule has 0 saturated carbocycles. The third-order valence-corrected chi connectivity index (χ3v) is 3.81. The highest BCUT2D eigenvalue weighted by atomic mass is 79.9. The minimum absolute atomic E-state index is 0.521. The predicted molar refractivity (Wildman–Crippen MR) is 69.1 cm³/mol. The summed E-state index contributed by atoms with van der Waals surface area (Å²) in [6.07, 6.45) is 3.19. The van der Waals surface area contributed by atoms with Crippen LogP contribution in [0.1, 0.15) is 17.4 Å². The van der Waals surface area contributed by atoms with Crippen LogP contribution in [0.3, 0.4) is 0 Å². The number of nitrogens with one attached hydrogen (secondary N) is 1. The molecule has 84 valence electrons. The molecule has 1 heterocycles. The number of benzene rings is 1. The molecule has 0 spiro atoms. The number of H-pyrrole nitrogens is 1. The Morgan fingerprint density at radius 1 is 1.31 bits per heavy atom. The van der Waals surface area contributed by atoms with Gasteiger partial charge in [0.2, 0.25) is 0 Å². The van der Waals surface area contributed by atoms with Crippen molar-refractivity contribution in [3.8, 4) is 0 Å². The van der Waals surface area contributed by atoms with Crippen molar-refractivity contribution in [3.63, 3.8) is 0 Å². The van der Waals surface area contributed by atoms with Crippen LogP contribution in [0, 0.1) is 0 Å². The maximum atomic E-state index is 9.99. The molecule has 0 saturated heterocycles. The standard InChI is InChI=1S/C11H10Br2N2O/c12-8-2-1-3-9(13)7(8)4-11(16)10-5-14-6-15-10/h1-3,5-6,11,16H,4H2,(H,14,15). The molecule has 0 amide bonds. The molecular weight excluding hydrogens is 336 g/mol. The third kappa shape index (κ3) is 2.53. The Labute approximate surface area is 110 Å². The fourth-order valence-electron chi connectivity index (χ4n) is 1.48. The lowest BCUT2D eigenvalue weighted by atomic mass is 10.1. The number of nitrogens with zero attached hydrogens (tertiary/aromatic N) is 1. The Morgan fingerprint density at radius 2 is 2.00 bits per heavy atom. The van der Waals surface area contributed by atoms with Gasteiger partial charge >= 0.3 is 0 Å². The van der Waals surface area contributed by atoms with Crippen LogP contribution in [0.4, 0.5) is 0 Å². The van der Waals surface area contributed by atoms with Gasteiger partial charge < -0.3 is 10.1 Å². The molecule has 2 rings (SSSR count). The van der Waals surface area contributed by atoms with Crippen LogP contribution in [-0.2, 0) is 6.42 Å². The number of imidazole rings is 1. The number of aliphatic hydroxyl groups excluding tert-OH is 1. The quantitative estimate of drug-likeness (QED) is 0.897. The fraction of sp³-hybridized carbons (Fsp3) is 0.182. The number of aromatic nitrogens is 2. The smallest absolute Gasteiger partial charge is 0.102 e. The van der Waals surface area contributed by atoms with Gasteiger partial charge in [-0.05, 0) is 17.7 Å². The monoisotopic (exact) mass is 344 g/mol. The maximum Gasteiger partial charge on any atom is 0.102 e. The van der Waals surface area contributed by atoms with E-state index in [4.69, 9.17) is 0 Å². The Bertz CT molecular complexity index is 451. The van der Waals surface area contributed by atoms with E-state index in [9.17, 15) is 5.11 Å². The maximum absolute atomic E-state index is 9.99. The lowest BCUT2D eigenvalue weighted by Crippen LogP contribution is -2.03. The van der Waals surface area contributed by atoms with Crippen molar-refractivity contribution >= 4 is 31.9 Å². The first kappa shape index (κ1) is 11.8. The molecule has 0 aliphatic carbocycles. The first-order valence-electron chi connectivity index (χ1n) is 4.78. The van der Waals surface area contributed by atoms with E-state index in [1.54, 1.807) is 12.5 Å². The molecule has 3 nitrogen and oxygen atoms in total. The summed E-state index contributed by atoms with van der Waals surface area (Å²) in [7, 11) is 0. The van der Waals surface area contributed by atoms with Crippen molar-refractivity contribution in [2.24, 2.45) is 0 Å². The van der Waals surface area contributed by atoms with Crippen LogP contribution in [0.15, 0.2) is 39.7 Å². The molecule has 0 aliphatic heterocycles. The highest BCUT2D eigenvalue weighted by Crippen LogP contribution is 2.29. The number of hydrogen-bond acceptors (Lipinski definition) is 2. The van der Waals surface area contributed by atoms with Gasteiger partial charge in [-0.25, -0.2) is 4.98 Å². The van der Waals surface area contributed by atoms with Gasteiger partial charge in [0.25, 0.3) is 0 Å². The van der Waals surface area contributed by atoms with Crippen LogP contribution in [-0.4, -0.2) is 15.1 Å². The molecule has 0 radical (unpaired) electrons. The second-order valence-electron chi connectivity index (χ2n) is 3.41. The van der Waals surface area contributed by atoms with Crippen LogP contribution in [0.2, 0.25) is 0 Å². The summed E-state index contributed by atoms with van der Waals surface area (Å²) >= 11 is 6.94. The van der Waals surface area contributed by atoms with Crippen LogP contribution < -0.4 is 0 Å². The summed E-state index contributed by atoms with van der Waals surface area (Å²) in [5.74, 6) is 0. The van der Waals surface area contributed by atoms with E-state index in [0.29, 0.717) is 12.1 Å². The zero-order valence-corrected chi connectivity index (χ0v) is 11.5. The molecule has 0 bridgehead atoms. The van der Waals surface area contributed by atoms with Gasteiger partial charge in [0.15, 0.2) is 0 Å². The van der Waals surface area contributed by atoms with Crippen molar-refractivity contribution in [1.82, 2.24) is 9.97 Å². The lowest BCUT2D eigenvalue weighted by Gasteiger charge is -2.11. The van der Waals surface area contributed by atoms with E-state index in [-0.39, 0.29) is 0 Å². The molecule has 1 atom stereocenters. The zero-order valence-electron chi connectivity index (χ0n) is 8.32. The van der Waals surface area contributed by atoms with Crippen LogP contribution in [0.5, 0.6) is 0 Å². The lowest BCUT2D eigenvalue weighted by molar-refractivity contribution is 0.174. The van der Waals surface area contributed by atoms with E-state index >= 15 is 0 Å². The summed E-state index contributed by atoms with van der Waals surface area (Å²) in [5.41, 5.74) is 1.70. The van der Waals surface area contributed by atoms with Crippen molar-refractivity contribution in [2.75, 3.05) is 0 Å². The topological polar surface area (TPSA) is 48.9 Å². The number of hydrogen-bond donors (Lipinski definition) is 2. The number of aromatic amines is 1. The number of aliphatic hydroxyl groups is 1. The molecule has 2 N–H and O–H groups in total. The van der Waals surface area contributed by atoms with Gasteiger partial charge in [0.05, 0.1) is 12.0 Å². The molecule has 0 fully saturated rings. The molecule has 16 heavy (non-hydrogen) atoms. The summed E-state index contributed by atoms with van der Waals surface area (Å²) in [6, 6.07) is 5.85. The third-order valence-electron chi connectivity index (χ3n) is 2.32. The van der Waals surface area contributed by atoms with Gasteiger partial charge in [0.1, 0.15) is 6.10 Å². The zero-order chi connectivity index (χ0) is 11.5. The Kier molecular flexibility index (Phi) is 3.78. The van der Waals surface area contributed by atoms with Crippen molar-refractivity contribution in [3.05, 3.63) is 50.9 Å². The van der Waals surface area contributed by atoms with E-state index < -0.39 is 6.10 Å². The van der Waals surface area contributed by atoms with Crippen LogP contribution >= 0.6 is 31.9 Å². The normalized spacial score (nSPS) is 12.7. The van der Waals surface area contributed by atoms with E-state index in [1.807, 2.05) is 18.2 Å². The predicted octanol–water partition coefficient (Wildman–Crippen LogP) is 3.21. The van der Waals surface area contributed by atoms with Crippen molar-refractivity contribution in [1.29, 1.82) is 0 Å². The van der Waals surface area contributed by atoms with Gasteiger partial charge in [-0.15, -0.1) is 0 Å². The Hall–Kier alpha value is -0.650. The SMILES string of the molecule is OC(Cc1c(Br)cccc1Br)c1c[nH]cn1. The van der Waals surface area contributed by atoms with Gasteiger partial charge in [-0.2, -0.15) is 0 Å². The average molecular weight is 346 g/mol. The molecule has 1 aromatic heterocycles. The molecule has 1 aromatic carbocycles. The minimum Gasteiger partial charge on any atom is -0.386 e. The van der Waals surface area contributed by atoms with Gasteiger partial charge in [0, 0.05) is 21.6 Å². The highest BCUT2D eigenvalue weighted by Gasteiger charge is 2.14. The summed E-state index contributed by atoms with van der Waals surface area (Å²) < 4.78 is 1.97. The average Bonchev–Trinajstić information content (AvgIpc) is 2.76. The molecule has 5 heteroatoms. The summed E-state index contributed by atoms with van der Waals surface area (Å²) in [4.78, 5) is 6.87. The molecule has 2 aromatic rings.